The number of benzene rings is 2. The molecule has 2 aliphatic heterocycles. The summed E-state index contributed by atoms with van der Waals surface area (Å²) < 4.78 is 40.9. The Labute approximate surface area is 236 Å². The zero-order valence-corrected chi connectivity index (χ0v) is 22.6. The molecule has 0 spiro atoms. The van der Waals surface area contributed by atoms with Crippen LogP contribution in [0.3, 0.4) is 0 Å². The molecule has 212 valence electrons. The van der Waals surface area contributed by atoms with E-state index in [4.69, 9.17) is 0 Å². The number of carbonyl (C=O) groups excluding carboxylic acids is 2. The summed E-state index contributed by atoms with van der Waals surface area (Å²) in [6.45, 7) is 1.84. The monoisotopic (exact) mass is 582 g/mol. The molecule has 8 nitrogen and oxygen atoms in total. The van der Waals surface area contributed by atoms with Crippen LogP contribution < -0.4 is 5.32 Å². The van der Waals surface area contributed by atoms with Gasteiger partial charge in [0.1, 0.15) is 5.54 Å². The summed E-state index contributed by atoms with van der Waals surface area (Å²) in [5.41, 5.74) is 1.04. The fourth-order valence-electron chi connectivity index (χ4n) is 6.27. The average Bonchev–Trinajstić information content (AvgIpc) is 3.68. The van der Waals surface area contributed by atoms with Crippen molar-refractivity contribution in [1.29, 1.82) is 0 Å². The van der Waals surface area contributed by atoms with Crippen LogP contribution in [0.1, 0.15) is 33.3 Å². The number of carboxylic acid groups (broad SMARTS) is 1. The molecule has 41 heavy (non-hydrogen) atoms. The highest BCUT2D eigenvalue weighted by atomic mass is 32.1. The van der Waals surface area contributed by atoms with Crippen molar-refractivity contribution in [2.75, 3.05) is 6.54 Å². The van der Waals surface area contributed by atoms with Gasteiger partial charge in [-0.3, -0.25) is 24.6 Å². The van der Waals surface area contributed by atoms with E-state index < -0.39 is 52.9 Å². The number of carboxylic acids is 1. The van der Waals surface area contributed by atoms with Crippen LogP contribution in [0.2, 0.25) is 0 Å². The number of carbonyl (C=O) groups is 3. The highest BCUT2D eigenvalue weighted by Crippen LogP contribution is 2.51. The molecule has 4 heterocycles. The fraction of sp³-hybridized carbons (Fsp3) is 0.310. The Morgan fingerprint density at radius 3 is 2.63 bits per heavy atom. The van der Waals surface area contributed by atoms with Crippen LogP contribution in [0.5, 0.6) is 0 Å². The number of amides is 2. The summed E-state index contributed by atoms with van der Waals surface area (Å²) in [6, 6.07) is 10.6. The number of H-pyrrole nitrogens is 1. The van der Waals surface area contributed by atoms with Crippen LogP contribution in [0.25, 0.3) is 10.9 Å². The molecule has 3 N–H and O–H groups in total. The Morgan fingerprint density at radius 2 is 1.93 bits per heavy atom. The number of hydrogen-bond donors (Lipinski definition) is 3. The van der Waals surface area contributed by atoms with Crippen LogP contribution in [-0.4, -0.2) is 49.8 Å². The van der Waals surface area contributed by atoms with Crippen LogP contribution in [-0.2, 0) is 33.4 Å². The number of nitrogens with zero attached hydrogens (tertiary/aromatic N) is 2. The number of aryl methyl sites for hydroxylation is 1. The van der Waals surface area contributed by atoms with E-state index >= 15 is 0 Å². The third kappa shape index (κ3) is 4.41. The van der Waals surface area contributed by atoms with Gasteiger partial charge in [-0.25, -0.2) is 4.98 Å². The smallest absolute Gasteiger partial charge is 0.416 e. The van der Waals surface area contributed by atoms with E-state index in [0.29, 0.717) is 12.0 Å². The highest BCUT2D eigenvalue weighted by molar-refractivity contribution is 7.09. The molecule has 0 aliphatic carbocycles. The van der Waals surface area contributed by atoms with E-state index in [1.807, 2.05) is 25.1 Å². The molecule has 4 aromatic rings. The van der Waals surface area contributed by atoms with E-state index in [1.165, 1.54) is 23.5 Å². The van der Waals surface area contributed by atoms with Gasteiger partial charge < -0.3 is 10.1 Å². The van der Waals surface area contributed by atoms with Crippen molar-refractivity contribution < 1.29 is 32.7 Å². The van der Waals surface area contributed by atoms with E-state index in [0.717, 1.165) is 38.5 Å². The number of fused-ring (bicyclic) bond motifs is 2. The zero-order chi connectivity index (χ0) is 29.1. The van der Waals surface area contributed by atoms with Gasteiger partial charge in [0.2, 0.25) is 11.8 Å². The van der Waals surface area contributed by atoms with Crippen molar-refractivity contribution >= 4 is 40.0 Å². The van der Waals surface area contributed by atoms with Gasteiger partial charge in [-0.15, -0.1) is 11.3 Å². The molecule has 12 heteroatoms. The topological polar surface area (TPSA) is 115 Å². The maximum atomic E-state index is 14.0. The van der Waals surface area contributed by atoms with Gasteiger partial charge in [0.15, 0.2) is 0 Å². The second kappa shape index (κ2) is 9.81. The summed E-state index contributed by atoms with van der Waals surface area (Å²) in [7, 11) is 0. The van der Waals surface area contributed by atoms with Crippen LogP contribution in [0.15, 0.2) is 60.2 Å². The Bertz CT molecular complexity index is 1680. The number of aliphatic carboxylic acids is 1. The van der Waals surface area contributed by atoms with Crippen molar-refractivity contribution in [3.63, 3.8) is 0 Å². The van der Waals surface area contributed by atoms with Gasteiger partial charge in [0.25, 0.3) is 0 Å². The number of likely N-dealkylation sites (tertiary alicyclic amines) is 1. The summed E-state index contributed by atoms with van der Waals surface area (Å²) in [5, 5.41) is 14.5. The van der Waals surface area contributed by atoms with E-state index in [1.54, 1.807) is 17.8 Å². The first-order valence-electron chi connectivity index (χ1n) is 13.0. The third-order valence-corrected chi connectivity index (χ3v) is 9.25. The molecule has 2 saturated heterocycles. The molecule has 2 fully saturated rings. The first kappa shape index (κ1) is 27.2. The predicted molar refractivity (Wildman–Crippen MR) is 144 cm³/mol. The van der Waals surface area contributed by atoms with Gasteiger partial charge in [0.05, 0.1) is 28.6 Å². The summed E-state index contributed by atoms with van der Waals surface area (Å²) >= 11 is 1.39. The predicted octanol–water partition coefficient (Wildman–Crippen LogP) is 4.51. The molecular formula is C29H25F3N4O4S. The Morgan fingerprint density at radius 1 is 1.15 bits per heavy atom. The maximum absolute atomic E-state index is 14.0. The summed E-state index contributed by atoms with van der Waals surface area (Å²) in [5.74, 6) is -5.13. The lowest BCUT2D eigenvalue weighted by Crippen LogP contribution is -2.57. The molecule has 0 bridgehead atoms. The van der Waals surface area contributed by atoms with Gasteiger partial charge in [0, 0.05) is 47.4 Å². The molecule has 2 aromatic carbocycles. The Hall–Kier alpha value is -4.03. The zero-order valence-electron chi connectivity index (χ0n) is 21.7. The number of hydrogen-bond acceptors (Lipinski definition) is 6. The fourth-order valence-corrected chi connectivity index (χ4v) is 7.04. The van der Waals surface area contributed by atoms with Crippen molar-refractivity contribution in [2.24, 2.45) is 11.8 Å². The van der Waals surface area contributed by atoms with Gasteiger partial charge in [-0.1, -0.05) is 30.3 Å². The van der Waals surface area contributed by atoms with Crippen LogP contribution in [0, 0.1) is 18.8 Å². The number of aromatic nitrogens is 2. The minimum Gasteiger partial charge on any atom is -0.480 e. The summed E-state index contributed by atoms with van der Waals surface area (Å²) in [4.78, 5) is 50.2. The molecule has 2 amide bonds. The standard InChI is InChI=1S/C29H25F3N4O4S/c1-15-21(41-14-34-15)9-10-36-25(37)22-23(26(36)38)28(27(39)40,12-17-13-33-20-8-3-2-7-19(17)20)35-24(22)16-5-4-6-18(11-16)29(30,31)32/h2-8,11,13-14,22-24,33,35H,9-10,12H2,1H3,(H,39,40). The van der Waals surface area contributed by atoms with Crippen molar-refractivity contribution in [1.82, 2.24) is 20.2 Å². The number of thiazole rings is 1. The lowest BCUT2D eigenvalue weighted by atomic mass is 9.76. The summed E-state index contributed by atoms with van der Waals surface area (Å²) in [6.07, 6.45) is -2.80. The molecule has 2 aromatic heterocycles. The second-order valence-electron chi connectivity index (χ2n) is 10.5. The number of para-hydroxylation sites is 1. The molecule has 2 aliphatic rings. The maximum Gasteiger partial charge on any atom is 0.416 e. The first-order chi connectivity index (χ1) is 19.5. The molecular weight excluding hydrogens is 557 g/mol. The number of imide groups is 1. The molecule has 6 rings (SSSR count). The Balaban J connectivity index is 1.44. The quantitative estimate of drug-likeness (QED) is 0.277. The van der Waals surface area contributed by atoms with E-state index in [2.05, 4.69) is 15.3 Å². The van der Waals surface area contributed by atoms with Gasteiger partial charge in [-0.2, -0.15) is 13.2 Å². The molecule has 0 saturated carbocycles. The van der Waals surface area contributed by atoms with E-state index in [9.17, 15) is 32.7 Å². The van der Waals surface area contributed by atoms with Crippen LogP contribution >= 0.6 is 11.3 Å². The average molecular weight is 583 g/mol. The second-order valence-corrected chi connectivity index (χ2v) is 11.4. The van der Waals surface area contributed by atoms with Crippen molar-refractivity contribution in [3.8, 4) is 0 Å². The van der Waals surface area contributed by atoms with Gasteiger partial charge >= 0.3 is 12.1 Å². The lowest BCUT2D eigenvalue weighted by Gasteiger charge is -2.31. The number of rotatable bonds is 7. The number of alkyl halides is 3. The van der Waals surface area contributed by atoms with Crippen LogP contribution in [0.4, 0.5) is 13.2 Å². The van der Waals surface area contributed by atoms with Crippen molar-refractivity contribution in [3.05, 3.63) is 87.5 Å². The largest absolute Gasteiger partial charge is 0.480 e. The lowest BCUT2D eigenvalue weighted by molar-refractivity contribution is -0.151. The molecule has 4 unspecified atom stereocenters. The SMILES string of the molecule is Cc1ncsc1CCN1C(=O)C2C(c3cccc(C(F)(F)F)c3)NC(Cc3c[nH]c4ccccc34)(C(=O)O)C2C1=O. The number of nitrogens with one attached hydrogen (secondary N) is 2. The van der Waals surface area contributed by atoms with Crippen molar-refractivity contribution in [2.45, 2.75) is 37.5 Å². The molecule has 4 atom stereocenters. The molecule has 0 radical (unpaired) electrons. The first-order valence-corrected chi connectivity index (χ1v) is 13.9. The minimum atomic E-state index is -4.64. The normalized spacial score (nSPS) is 24.4. The highest BCUT2D eigenvalue weighted by Gasteiger charge is 2.68. The van der Waals surface area contributed by atoms with Gasteiger partial charge in [-0.05, 0) is 36.2 Å². The third-order valence-electron chi connectivity index (χ3n) is 8.25. The van der Waals surface area contributed by atoms with E-state index in [-0.39, 0.29) is 18.5 Å². The minimum absolute atomic E-state index is 0.0196. The number of aromatic amines is 1. The Kier molecular flexibility index (Phi) is 6.50. The number of halogens is 3.